The third kappa shape index (κ3) is 7.43. The van der Waals surface area contributed by atoms with Crippen LogP contribution in [0.15, 0.2) is 23.2 Å². The van der Waals surface area contributed by atoms with E-state index in [0.29, 0.717) is 30.5 Å². The Morgan fingerprint density at radius 2 is 1.96 bits per heavy atom. The molecule has 2 N–H and O–H groups in total. The summed E-state index contributed by atoms with van der Waals surface area (Å²) in [4.78, 5) is 17.5. The first kappa shape index (κ1) is 22.6. The Hall–Kier alpha value is -1.45. The number of hydrogen-bond acceptors (Lipinski definition) is 2. The van der Waals surface area contributed by atoms with Crippen LogP contribution in [0.4, 0.5) is 8.78 Å². The minimum Gasteiger partial charge on any atom is -0.356 e. The summed E-state index contributed by atoms with van der Waals surface area (Å²) < 4.78 is 26.9. The summed E-state index contributed by atoms with van der Waals surface area (Å²) in [5, 5.41) is 6.44. The highest BCUT2D eigenvalue weighted by molar-refractivity contribution is 14.0. The number of guanidine groups is 1. The van der Waals surface area contributed by atoms with Crippen molar-refractivity contribution in [2.45, 2.75) is 38.1 Å². The van der Waals surface area contributed by atoms with Crippen molar-refractivity contribution >= 4 is 35.8 Å². The van der Waals surface area contributed by atoms with Crippen molar-refractivity contribution in [3.63, 3.8) is 0 Å². The lowest BCUT2D eigenvalue weighted by molar-refractivity contribution is -0.127. The molecule has 0 aliphatic heterocycles. The van der Waals surface area contributed by atoms with Crippen LogP contribution in [0.5, 0.6) is 0 Å². The number of hydrogen-bond donors (Lipinski definition) is 2. The number of amides is 1. The van der Waals surface area contributed by atoms with E-state index in [2.05, 4.69) is 15.6 Å². The zero-order valence-corrected chi connectivity index (χ0v) is 17.6. The zero-order valence-electron chi connectivity index (χ0n) is 15.2. The maximum absolute atomic E-state index is 13.7. The van der Waals surface area contributed by atoms with E-state index in [0.717, 1.165) is 25.0 Å². The Balaban J connectivity index is 0.00000338. The summed E-state index contributed by atoms with van der Waals surface area (Å²) in [6, 6.07) is 3.78. The number of likely N-dealkylation sites (N-methyl/N-ethyl adjacent to an activating group) is 1. The highest BCUT2D eigenvalue weighted by atomic mass is 127. The first-order valence-electron chi connectivity index (χ1n) is 8.64. The number of benzene rings is 1. The number of carbonyl (C=O) groups is 1. The van der Waals surface area contributed by atoms with Crippen LogP contribution in [0.2, 0.25) is 0 Å². The quantitative estimate of drug-likeness (QED) is 0.374. The number of nitrogens with one attached hydrogen (secondary N) is 2. The van der Waals surface area contributed by atoms with Gasteiger partial charge in [0.05, 0.1) is 0 Å². The lowest BCUT2D eigenvalue weighted by Crippen LogP contribution is -2.43. The molecular formula is C18H27F2IN4O. The lowest BCUT2D eigenvalue weighted by Gasteiger charge is -2.18. The molecule has 0 saturated heterocycles. The van der Waals surface area contributed by atoms with E-state index in [1.54, 1.807) is 14.1 Å². The van der Waals surface area contributed by atoms with Crippen LogP contribution >= 0.6 is 24.0 Å². The van der Waals surface area contributed by atoms with Crippen LogP contribution in [-0.4, -0.2) is 50.0 Å². The fraction of sp³-hybridized carbons (Fsp3) is 0.556. The van der Waals surface area contributed by atoms with Gasteiger partial charge >= 0.3 is 0 Å². The Kier molecular flexibility index (Phi) is 9.82. The van der Waals surface area contributed by atoms with Gasteiger partial charge in [-0.1, -0.05) is 12.8 Å². The summed E-state index contributed by atoms with van der Waals surface area (Å²) in [7, 11) is 3.37. The molecule has 0 radical (unpaired) electrons. The molecule has 1 aliphatic rings. The van der Waals surface area contributed by atoms with Gasteiger partial charge in [-0.15, -0.1) is 24.0 Å². The van der Waals surface area contributed by atoms with Crippen LogP contribution in [0.25, 0.3) is 0 Å². The standard InChI is InChI=1S/C18H26F2N4O.HI/c1-24(2)17(25)12-22-18(23-15-5-3-4-6-15)21-10-9-13-11-14(19)7-8-16(13)20;/h7-8,11,15H,3-6,9-10,12H2,1-2H3,(H2,21,22,23);1H. The molecule has 0 unspecified atom stereocenters. The van der Waals surface area contributed by atoms with Crippen LogP contribution in [0.3, 0.4) is 0 Å². The molecular weight excluding hydrogens is 453 g/mol. The number of aliphatic imine (C=N–C) groups is 1. The molecule has 8 heteroatoms. The van der Waals surface area contributed by atoms with E-state index in [4.69, 9.17) is 0 Å². The third-order valence-corrected chi connectivity index (χ3v) is 4.26. The molecule has 1 fully saturated rings. The number of carbonyl (C=O) groups excluding carboxylic acids is 1. The molecule has 1 aromatic rings. The van der Waals surface area contributed by atoms with E-state index in [9.17, 15) is 13.6 Å². The van der Waals surface area contributed by atoms with Crippen LogP contribution in [0.1, 0.15) is 31.2 Å². The van der Waals surface area contributed by atoms with E-state index < -0.39 is 11.6 Å². The van der Waals surface area contributed by atoms with Gasteiger partial charge in [-0.3, -0.25) is 4.79 Å². The number of rotatable bonds is 6. The lowest BCUT2D eigenvalue weighted by atomic mass is 10.1. The summed E-state index contributed by atoms with van der Waals surface area (Å²) in [6.07, 6.45) is 4.82. The molecule has 146 valence electrons. The molecule has 1 saturated carbocycles. The fourth-order valence-corrected chi connectivity index (χ4v) is 2.75. The Labute approximate surface area is 170 Å². The van der Waals surface area contributed by atoms with E-state index in [1.807, 2.05) is 0 Å². The van der Waals surface area contributed by atoms with Gasteiger partial charge < -0.3 is 15.5 Å². The zero-order chi connectivity index (χ0) is 18.2. The SMILES string of the molecule is CN(C)C(=O)CN=C(NCCc1cc(F)ccc1F)NC1CCCC1.I. The third-order valence-electron chi connectivity index (χ3n) is 4.26. The largest absolute Gasteiger partial charge is 0.356 e. The topological polar surface area (TPSA) is 56.7 Å². The van der Waals surface area contributed by atoms with Crippen molar-refractivity contribution in [2.75, 3.05) is 27.2 Å². The van der Waals surface area contributed by atoms with Crippen LogP contribution in [0, 0.1) is 11.6 Å². The smallest absolute Gasteiger partial charge is 0.243 e. The summed E-state index contributed by atoms with van der Waals surface area (Å²) in [5.41, 5.74) is 0.317. The fourth-order valence-electron chi connectivity index (χ4n) is 2.75. The maximum atomic E-state index is 13.7. The Morgan fingerprint density at radius 1 is 1.27 bits per heavy atom. The predicted octanol–water partition coefficient (Wildman–Crippen LogP) is 2.69. The second kappa shape index (κ2) is 11.3. The van der Waals surface area contributed by atoms with Gasteiger partial charge in [0.15, 0.2) is 5.96 Å². The first-order chi connectivity index (χ1) is 12.0. The summed E-state index contributed by atoms with van der Waals surface area (Å²) >= 11 is 0. The number of halogens is 3. The molecule has 0 heterocycles. The molecule has 0 aromatic heterocycles. The molecule has 2 rings (SSSR count). The van der Waals surface area contributed by atoms with Gasteiger partial charge in [-0.25, -0.2) is 13.8 Å². The first-order valence-corrected chi connectivity index (χ1v) is 8.64. The molecule has 0 bridgehead atoms. The molecule has 1 amide bonds. The van der Waals surface area contributed by atoms with Gasteiger partial charge in [0, 0.05) is 26.7 Å². The van der Waals surface area contributed by atoms with Gasteiger partial charge in [0.2, 0.25) is 5.91 Å². The summed E-state index contributed by atoms with van der Waals surface area (Å²) in [5.74, 6) is -0.429. The van der Waals surface area contributed by atoms with Crippen molar-refractivity contribution in [1.29, 1.82) is 0 Å². The van der Waals surface area contributed by atoms with Crippen molar-refractivity contribution in [1.82, 2.24) is 15.5 Å². The molecule has 0 atom stereocenters. The van der Waals surface area contributed by atoms with Gasteiger partial charge in [-0.2, -0.15) is 0 Å². The minimum atomic E-state index is -0.453. The Bertz CT molecular complexity index is 619. The molecule has 1 aromatic carbocycles. The van der Waals surface area contributed by atoms with Crippen molar-refractivity contribution in [3.8, 4) is 0 Å². The molecule has 26 heavy (non-hydrogen) atoms. The average Bonchev–Trinajstić information content (AvgIpc) is 3.08. The van der Waals surface area contributed by atoms with E-state index in [-0.39, 0.29) is 36.4 Å². The van der Waals surface area contributed by atoms with Gasteiger partial charge in [-0.05, 0) is 43.0 Å². The number of nitrogens with zero attached hydrogens (tertiary/aromatic N) is 2. The van der Waals surface area contributed by atoms with E-state index in [1.165, 1.54) is 23.8 Å². The second-order valence-corrected chi connectivity index (χ2v) is 6.49. The van der Waals surface area contributed by atoms with Crippen LogP contribution < -0.4 is 10.6 Å². The molecule has 5 nitrogen and oxygen atoms in total. The predicted molar refractivity (Wildman–Crippen MR) is 110 cm³/mol. The molecule has 0 spiro atoms. The van der Waals surface area contributed by atoms with Crippen molar-refractivity contribution in [2.24, 2.45) is 4.99 Å². The average molecular weight is 480 g/mol. The van der Waals surface area contributed by atoms with Crippen molar-refractivity contribution < 1.29 is 13.6 Å². The van der Waals surface area contributed by atoms with Gasteiger partial charge in [0.1, 0.15) is 18.2 Å². The normalized spacial score (nSPS) is 14.7. The monoisotopic (exact) mass is 480 g/mol. The summed E-state index contributed by atoms with van der Waals surface area (Å²) in [6.45, 7) is 0.443. The minimum absolute atomic E-state index is 0. The Morgan fingerprint density at radius 3 is 2.62 bits per heavy atom. The highest BCUT2D eigenvalue weighted by Crippen LogP contribution is 2.17. The van der Waals surface area contributed by atoms with Gasteiger partial charge in [0.25, 0.3) is 0 Å². The second-order valence-electron chi connectivity index (χ2n) is 6.49. The molecule has 1 aliphatic carbocycles. The van der Waals surface area contributed by atoms with Crippen molar-refractivity contribution in [3.05, 3.63) is 35.4 Å². The van der Waals surface area contributed by atoms with Crippen LogP contribution in [-0.2, 0) is 11.2 Å². The maximum Gasteiger partial charge on any atom is 0.243 e. The highest BCUT2D eigenvalue weighted by Gasteiger charge is 2.16. The van der Waals surface area contributed by atoms with E-state index >= 15 is 0 Å².